The van der Waals surface area contributed by atoms with E-state index in [1.54, 1.807) is 23.5 Å². The number of likely N-dealkylation sites (tertiary alicyclic amines) is 1. The maximum Gasteiger partial charge on any atom is 0.228 e. The van der Waals surface area contributed by atoms with Gasteiger partial charge in [-0.2, -0.15) is 0 Å². The van der Waals surface area contributed by atoms with Crippen LogP contribution in [0.2, 0.25) is 0 Å². The van der Waals surface area contributed by atoms with Crippen LogP contribution in [0.3, 0.4) is 0 Å². The number of anilines is 2. The summed E-state index contributed by atoms with van der Waals surface area (Å²) in [6, 6.07) is 9.23. The van der Waals surface area contributed by atoms with Crippen LogP contribution in [0.1, 0.15) is 4.88 Å². The van der Waals surface area contributed by atoms with Crippen molar-refractivity contribution in [3.05, 3.63) is 46.4 Å². The summed E-state index contributed by atoms with van der Waals surface area (Å²) in [7, 11) is 0. The van der Waals surface area contributed by atoms with Gasteiger partial charge < -0.3 is 15.0 Å². The van der Waals surface area contributed by atoms with Crippen LogP contribution in [0.25, 0.3) is 0 Å². The Morgan fingerprint density at radius 2 is 2.00 bits per heavy atom. The molecule has 1 amide bonds. The average molecular weight is 402 g/mol. The van der Waals surface area contributed by atoms with Crippen molar-refractivity contribution >= 4 is 28.6 Å². The maximum atomic E-state index is 14.5. The van der Waals surface area contributed by atoms with Crippen molar-refractivity contribution in [1.82, 2.24) is 4.90 Å². The zero-order chi connectivity index (χ0) is 19.1. The fourth-order valence-electron chi connectivity index (χ4n) is 4.63. The van der Waals surface area contributed by atoms with E-state index in [0.717, 1.165) is 19.6 Å². The van der Waals surface area contributed by atoms with Gasteiger partial charge in [-0.15, -0.1) is 11.3 Å². The first kappa shape index (κ1) is 18.1. The number of halogens is 1. The topological polar surface area (TPSA) is 44.8 Å². The molecule has 3 aliphatic rings. The third-order valence-electron chi connectivity index (χ3n) is 6.10. The van der Waals surface area contributed by atoms with Crippen LogP contribution in [-0.4, -0.2) is 50.2 Å². The zero-order valence-corrected chi connectivity index (χ0v) is 16.5. The van der Waals surface area contributed by atoms with E-state index in [1.807, 2.05) is 4.90 Å². The minimum atomic E-state index is -0.294. The lowest BCUT2D eigenvalue weighted by Crippen LogP contribution is -2.36. The van der Waals surface area contributed by atoms with E-state index in [0.29, 0.717) is 49.5 Å². The number of nitrogens with one attached hydrogen (secondary N) is 1. The highest BCUT2D eigenvalue weighted by Crippen LogP contribution is 2.52. The molecule has 0 spiro atoms. The molecule has 2 saturated heterocycles. The maximum absolute atomic E-state index is 14.5. The van der Waals surface area contributed by atoms with E-state index in [1.165, 1.54) is 10.9 Å². The van der Waals surface area contributed by atoms with Crippen LogP contribution in [0.15, 0.2) is 35.7 Å². The van der Waals surface area contributed by atoms with Crippen molar-refractivity contribution in [3.8, 4) is 0 Å². The average Bonchev–Trinajstić information content (AvgIpc) is 3.03. The van der Waals surface area contributed by atoms with E-state index >= 15 is 0 Å². The van der Waals surface area contributed by atoms with Gasteiger partial charge >= 0.3 is 0 Å². The molecule has 148 valence electrons. The minimum Gasteiger partial charge on any atom is -0.378 e. The second kappa shape index (κ2) is 7.46. The molecule has 2 unspecified atom stereocenters. The van der Waals surface area contributed by atoms with Gasteiger partial charge in [0.15, 0.2) is 0 Å². The van der Waals surface area contributed by atoms with Crippen molar-refractivity contribution in [2.45, 2.75) is 6.54 Å². The summed E-state index contributed by atoms with van der Waals surface area (Å²) in [6.07, 6.45) is 0. The lowest BCUT2D eigenvalue weighted by atomic mass is 10.2. The number of hydrogen-bond acceptors (Lipinski definition) is 5. The Balaban J connectivity index is 1.16. The Hall–Kier alpha value is -1.96. The number of carbonyl (C=O) groups excluding carboxylic acids is 1. The van der Waals surface area contributed by atoms with Gasteiger partial charge in [0, 0.05) is 49.2 Å². The minimum absolute atomic E-state index is 0.0318. The molecular weight excluding hydrogens is 377 g/mol. The van der Waals surface area contributed by atoms with Crippen LogP contribution in [-0.2, 0) is 16.1 Å². The lowest BCUT2D eigenvalue weighted by Gasteiger charge is -2.29. The van der Waals surface area contributed by atoms with Gasteiger partial charge in [0.25, 0.3) is 0 Å². The third-order valence-corrected chi connectivity index (χ3v) is 6.96. The van der Waals surface area contributed by atoms with Gasteiger partial charge in [0.1, 0.15) is 5.82 Å². The van der Waals surface area contributed by atoms with Gasteiger partial charge in [-0.1, -0.05) is 6.07 Å². The largest absolute Gasteiger partial charge is 0.378 e. The number of ether oxygens (including phenoxy) is 1. The monoisotopic (exact) mass is 401 g/mol. The molecule has 0 bridgehead atoms. The normalized spacial score (nSPS) is 26.9. The molecular formula is C21H24FN3O2S. The quantitative estimate of drug-likeness (QED) is 0.837. The van der Waals surface area contributed by atoms with Gasteiger partial charge in [-0.25, -0.2) is 4.39 Å². The zero-order valence-electron chi connectivity index (χ0n) is 15.6. The molecule has 1 aromatic heterocycles. The number of piperidine rings is 1. The fourth-order valence-corrected chi connectivity index (χ4v) is 5.37. The second-order valence-corrected chi connectivity index (χ2v) is 8.91. The molecule has 1 aliphatic carbocycles. The molecule has 5 nitrogen and oxygen atoms in total. The molecule has 2 aromatic rings. The van der Waals surface area contributed by atoms with Crippen molar-refractivity contribution in [1.29, 1.82) is 0 Å². The second-order valence-electron chi connectivity index (χ2n) is 7.88. The van der Waals surface area contributed by atoms with E-state index in [2.05, 4.69) is 27.7 Å². The van der Waals surface area contributed by atoms with Gasteiger partial charge in [0.2, 0.25) is 5.91 Å². The molecule has 2 atom stereocenters. The van der Waals surface area contributed by atoms with Crippen LogP contribution in [0, 0.1) is 23.6 Å². The Bertz CT molecular complexity index is 841. The summed E-state index contributed by atoms with van der Waals surface area (Å²) < 4.78 is 19.8. The van der Waals surface area contributed by atoms with E-state index in [-0.39, 0.29) is 17.6 Å². The Morgan fingerprint density at radius 3 is 2.68 bits per heavy atom. The lowest BCUT2D eigenvalue weighted by molar-refractivity contribution is -0.118. The van der Waals surface area contributed by atoms with Gasteiger partial charge in [-0.3, -0.25) is 9.69 Å². The summed E-state index contributed by atoms with van der Waals surface area (Å²) in [5.41, 5.74) is 1.12. The number of nitrogens with zero attached hydrogens (tertiary/aromatic N) is 2. The Labute approximate surface area is 168 Å². The molecule has 2 aliphatic heterocycles. The van der Waals surface area contributed by atoms with E-state index in [4.69, 9.17) is 4.74 Å². The summed E-state index contributed by atoms with van der Waals surface area (Å²) in [4.78, 5) is 18.4. The molecule has 1 aromatic carbocycles. The molecule has 3 fully saturated rings. The van der Waals surface area contributed by atoms with Crippen LogP contribution >= 0.6 is 11.3 Å². The number of hydrogen-bond donors (Lipinski definition) is 1. The van der Waals surface area contributed by atoms with E-state index in [9.17, 15) is 9.18 Å². The molecule has 28 heavy (non-hydrogen) atoms. The van der Waals surface area contributed by atoms with Gasteiger partial charge in [-0.05, 0) is 41.5 Å². The highest BCUT2D eigenvalue weighted by molar-refractivity contribution is 7.09. The first-order valence-corrected chi connectivity index (χ1v) is 10.7. The molecule has 5 rings (SSSR count). The van der Waals surface area contributed by atoms with Crippen molar-refractivity contribution in [3.63, 3.8) is 0 Å². The molecule has 1 N–H and O–H groups in total. The number of carbonyl (C=O) groups is 1. The van der Waals surface area contributed by atoms with E-state index < -0.39 is 0 Å². The first-order chi connectivity index (χ1) is 13.7. The van der Waals surface area contributed by atoms with Crippen molar-refractivity contribution < 1.29 is 13.9 Å². The Kier molecular flexibility index (Phi) is 4.82. The number of fused-ring (bicyclic) bond motifs is 1. The van der Waals surface area contributed by atoms with Crippen molar-refractivity contribution in [2.24, 2.45) is 17.8 Å². The highest BCUT2D eigenvalue weighted by Gasteiger charge is 2.59. The summed E-state index contributed by atoms with van der Waals surface area (Å²) in [5, 5.41) is 5.03. The third kappa shape index (κ3) is 3.54. The number of thiophene rings is 1. The number of amides is 1. The van der Waals surface area contributed by atoms with Gasteiger partial charge in [0.05, 0.1) is 18.9 Å². The molecule has 7 heteroatoms. The predicted octanol–water partition coefficient (Wildman–Crippen LogP) is 3.04. The molecule has 3 heterocycles. The Morgan fingerprint density at radius 1 is 1.21 bits per heavy atom. The van der Waals surface area contributed by atoms with Crippen LogP contribution in [0.4, 0.5) is 15.8 Å². The fraction of sp³-hybridized carbons (Fsp3) is 0.476. The number of benzene rings is 1. The predicted molar refractivity (Wildman–Crippen MR) is 108 cm³/mol. The standard InChI is InChI=1S/C21H24FN3O2S/c22-18-10-14(3-4-19(18)25-5-7-27-8-6-25)23-21(26)20-16-12-24(13-17(16)20)11-15-2-1-9-28-15/h1-4,9-10,16-17,20H,5-8,11-13H2,(H,23,26). The smallest absolute Gasteiger partial charge is 0.228 e. The SMILES string of the molecule is O=C(Nc1ccc(N2CCOCC2)c(F)c1)C1C2CN(Cc3cccs3)CC21. The number of rotatable bonds is 5. The summed E-state index contributed by atoms with van der Waals surface area (Å²) in [6.45, 7) is 5.55. The number of morpholine rings is 1. The molecule has 0 radical (unpaired) electrons. The molecule has 1 saturated carbocycles. The first-order valence-electron chi connectivity index (χ1n) is 9.87. The summed E-state index contributed by atoms with van der Waals surface area (Å²) >= 11 is 1.78. The summed E-state index contributed by atoms with van der Waals surface area (Å²) in [5.74, 6) is 0.693. The van der Waals surface area contributed by atoms with Crippen molar-refractivity contribution in [2.75, 3.05) is 49.6 Å². The van der Waals surface area contributed by atoms with Crippen LogP contribution < -0.4 is 10.2 Å². The van der Waals surface area contributed by atoms with Crippen LogP contribution in [0.5, 0.6) is 0 Å². The highest BCUT2D eigenvalue weighted by atomic mass is 32.1.